The minimum absolute atomic E-state index is 0.413. The number of allylic oxidation sites excluding steroid dienone is 4. The van der Waals surface area contributed by atoms with Crippen molar-refractivity contribution in [1.29, 1.82) is 0 Å². The van der Waals surface area contributed by atoms with E-state index >= 15 is 0 Å². The molecule has 0 saturated carbocycles. The highest BCUT2D eigenvalue weighted by molar-refractivity contribution is 6.30. The first kappa shape index (κ1) is 21.1. The Morgan fingerprint density at radius 2 is 1.19 bits per heavy atom. The first-order valence-corrected chi connectivity index (χ1v) is 9.61. The number of rotatable bonds is 13. The van der Waals surface area contributed by atoms with Gasteiger partial charge in [-0.1, -0.05) is 94.7 Å². The van der Waals surface area contributed by atoms with Gasteiger partial charge in [-0.25, -0.2) is 0 Å². The number of unbranched alkanes of at least 4 members (excludes halogenated alkanes) is 5. The maximum absolute atomic E-state index is 6.37. The van der Waals surface area contributed by atoms with E-state index in [1.807, 2.05) is 0 Å². The van der Waals surface area contributed by atoms with Crippen LogP contribution in [-0.2, 0) is 0 Å². The standard InChI is InChI=1S/C19H34Cl2/c1-4-7-10-11-12-17(15-18(20)13-8-5-2)16-19(21)14-9-6-3/h15-17H,4-14H2,1-3H3/b18-15-,19-16+. The molecule has 0 N–H and O–H groups in total. The first-order valence-electron chi connectivity index (χ1n) is 8.86. The summed E-state index contributed by atoms with van der Waals surface area (Å²) in [5, 5.41) is 2.02. The molecule has 0 aliphatic carbocycles. The van der Waals surface area contributed by atoms with Gasteiger partial charge in [0.15, 0.2) is 0 Å². The van der Waals surface area contributed by atoms with Gasteiger partial charge < -0.3 is 0 Å². The molecule has 21 heavy (non-hydrogen) atoms. The second-order valence-electron chi connectivity index (χ2n) is 5.95. The third-order valence-corrected chi connectivity index (χ3v) is 4.35. The Labute approximate surface area is 143 Å². The molecule has 0 nitrogen and oxygen atoms in total. The van der Waals surface area contributed by atoms with E-state index in [2.05, 4.69) is 32.9 Å². The van der Waals surface area contributed by atoms with Gasteiger partial charge >= 0.3 is 0 Å². The molecule has 0 amide bonds. The van der Waals surface area contributed by atoms with Crippen molar-refractivity contribution in [1.82, 2.24) is 0 Å². The van der Waals surface area contributed by atoms with Gasteiger partial charge in [-0.05, 0) is 38.0 Å². The molecule has 0 aromatic carbocycles. The summed E-state index contributed by atoms with van der Waals surface area (Å²) in [6.07, 6.45) is 17.6. The van der Waals surface area contributed by atoms with Crippen molar-refractivity contribution in [3.63, 3.8) is 0 Å². The lowest BCUT2D eigenvalue weighted by Gasteiger charge is -2.11. The molecule has 0 aromatic rings. The van der Waals surface area contributed by atoms with E-state index in [0.29, 0.717) is 5.92 Å². The SMILES string of the molecule is CCCCCCC(/C=C(\Cl)CCCC)/C=C(/Cl)CCCC. The molecule has 0 aliphatic heterocycles. The second kappa shape index (κ2) is 15.0. The van der Waals surface area contributed by atoms with Crippen LogP contribution < -0.4 is 0 Å². The molecule has 0 fully saturated rings. The van der Waals surface area contributed by atoms with E-state index in [0.717, 1.165) is 22.9 Å². The lowest BCUT2D eigenvalue weighted by Crippen LogP contribution is -1.95. The van der Waals surface area contributed by atoms with E-state index in [4.69, 9.17) is 23.2 Å². The predicted molar refractivity (Wildman–Crippen MR) is 99.2 cm³/mol. The Morgan fingerprint density at radius 1 is 0.714 bits per heavy atom. The number of hydrogen-bond acceptors (Lipinski definition) is 0. The average Bonchev–Trinajstić information content (AvgIpc) is 2.47. The molecule has 0 radical (unpaired) electrons. The highest BCUT2D eigenvalue weighted by Crippen LogP contribution is 2.24. The van der Waals surface area contributed by atoms with Gasteiger partial charge in [-0.3, -0.25) is 0 Å². The fourth-order valence-corrected chi connectivity index (χ4v) is 2.94. The number of halogens is 2. The summed E-state index contributed by atoms with van der Waals surface area (Å²) in [7, 11) is 0. The van der Waals surface area contributed by atoms with Crippen LogP contribution >= 0.6 is 23.2 Å². The molecule has 0 bridgehead atoms. The maximum Gasteiger partial charge on any atom is 0.0147 e. The molecular formula is C19H34Cl2. The molecule has 0 saturated heterocycles. The van der Waals surface area contributed by atoms with E-state index in [1.165, 1.54) is 57.8 Å². The smallest absolute Gasteiger partial charge is 0.0147 e. The predicted octanol–water partition coefficient (Wildman–Crippen LogP) is 8.20. The van der Waals surface area contributed by atoms with Crippen LogP contribution in [0.25, 0.3) is 0 Å². The maximum atomic E-state index is 6.37. The Balaban J connectivity index is 4.51. The van der Waals surface area contributed by atoms with Crippen molar-refractivity contribution in [2.24, 2.45) is 5.92 Å². The van der Waals surface area contributed by atoms with Crippen molar-refractivity contribution < 1.29 is 0 Å². The first-order chi connectivity index (χ1) is 10.1. The zero-order chi connectivity index (χ0) is 15.9. The van der Waals surface area contributed by atoms with Crippen molar-refractivity contribution in [2.75, 3.05) is 0 Å². The van der Waals surface area contributed by atoms with Crippen molar-refractivity contribution in [2.45, 2.75) is 91.4 Å². The quantitative estimate of drug-likeness (QED) is 0.298. The molecule has 124 valence electrons. The molecule has 1 unspecified atom stereocenters. The van der Waals surface area contributed by atoms with E-state index in [-0.39, 0.29) is 0 Å². The van der Waals surface area contributed by atoms with Crippen LogP contribution in [-0.4, -0.2) is 0 Å². The molecule has 0 rings (SSSR count). The van der Waals surface area contributed by atoms with Crippen LogP contribution in [0.4, 0.5) is 0 Å². The fourth-order valence-electron chi connectivity index (χ4n) is 2.34. The van der Waals surface area contributed by atoms with Gasteiger partial charge in [0.25, 0.3) is 0 Å². The summed E-state index contributed by atoms with van der Waals surface area (Å²) >= 11 is 12.7. The van der Waals surface area contributed by atoms with Crippen LogP contribution in [0.1, 0.15) is 91.4 Å². The third kappa shape index (κ3) is 13.4. The van der Waals surface area contributed by atoms with Gasteiger partial charge in [0.05, 0.1) is 0 Å². The Hall–Kier alpha value is 0.0600. The van der Waals surface area contributed by atoms with Crippen LogP contribution in [0.3, 0.4) is 0 Å². The van der Waals surface area contributed by atoms with Crippen LogP contribution in [0.2, 0.25) is 0 Å². The van der Waals surface area contributed by atoms with Crippen molar-refractivity contribution in [3.05, 3.63) is 22.2 Å². The molecule has 0 aromatic heterocycles. The molecule has 0 spiro atoms. The molecular weight excluding hydrogens is 299 g/mol. The lowest BCUT2D eigenvalue weighted by atomic mass is 9.98. The molecule has 0 aliphatic rings. The zero-order valence-corrected chi connectivity index (χ0v) is 15.8. The summed E-state index contributed by atoms with van der Waals surface area (Å²) in [4.78, 5) is 0. The Morgan fingerprint density at radius 3 is 1.62 bits per heavy atom. The third-order valence-electron chi connectivity index (χ3n) is 3.72. The van der Waals surface area contributed by atoms with Gasteiger partial charge in [0.2, 0.25) is 0 Å². The fraction of sp³-hybridized carbons (Fsp3) is 0.789. The largest absolute Gasteiger partial charge is 0.0895 e. The minimum atomic E-state index is 0.413. The van der Waals surface area contributed by atoms with Crippen molar-refractivity contribution >= 4 is 23.2 Å². The highest BCUT2D eigenvalue weighted by atomic mass is 35.5. The topological polar surface area (TPSA) is 0 Å². The highest BCUT2D eigenvalue weighted by Gasteiger charge is 2.06. The van der Waals surface area contributed by atoms with Gasteiger partial charge in [-0.2, -0.15) is 0 Å². The summed E-state index contributed by atoms with van der Waals surface area (Å²) in [6.45, 7) is 6.66. The van der Waals surface area contributed by atoms with Gasteiger partial charge in [-0.15, -0.1) is 0 Å². The van der Waals surface area contributed by atoms with Crippen LogP contribution in [0.5, 0.6) is 0 Å². The summed E-state index contributed by atoms with van der Waals surface area (Å²) in [5.41, 5.74) is 0. The van der Waals surface area contributed by atoms with Gasteiger partial charge in [0, 0.05) is 10.1 Å². The minimum Gasteiger partial charge on any atom is -0.0895 e. The Kier molecular flexibility index (Phi) is 15.0. The number of hydrogen-bond donors (Lipinski definition) is 0. The molecule has 1 atom stereocenters. The summed E-state index contributed by atoms with van der Waals surface area (Å²) < 4.78 is 0. The van der Waals surface area contributed by atoms with Gasteiger partial charge in [0.1, 0.15) is 0 Å². The van der Waals surface area contributed by atoms with E-state index in [1.54, 1.807) is 0 Å². The zero-order valence-electron chi connectivity index (χ0n) is 14.3. The van der Waals surface area contributed by atoms with Crippen LogP contribution in [0.15, 0.2) is 22.2 Å². The Bertz CT molecular complexity index is 268. The van der Waals surface area contributed by atoms with E-state index in [9.17, 15) is 0 Å². The second-order valence-corrected chi connectivity index (χ2v) is 6.92. The van der Waals surface area contributed by atoms with Crippen LogP contribution in [0, 0.1) is 5.92 Å². The normalized spacial score (nSPS) is 14.5. The molecule has 0 heterocycles. The summed E-state index contributed by atoms with van der Waals surface area (Å²) in [6, 6.07) is 0. The molecule has 2 heteroatoms. The lowest BCUT2D eigenvalue weighted by molar-refractivity contribution is 0.586. The summed E-state index contributed by atoms with van der Waals surface area (Å²) in [5.74, 6) is 0.413. The average molecular weight is 333 g/mol. The monoisotopic (exact) mass is 332 g/mol. The van der Waals surface area contributed by atoms with Crippen molar-refractivity contribution in [3.8, 4) is 0 Å². The van der Waals surface area contributed by atoms with E-state index < -0.39 is 0 Å².